The van der Waals surface area contributed by atoms with Crippen molar-refractivity contribution in [3.05, 3.63) is 89.4 Å². The predicted molar refractivity (Wildman–Crippen MR) is 121 cm³/mol. The van der Waals surface area contributed by atoms with Crippen LogP contribution in [-0.4, -0.2) is 10.9 Å². The first-order valence-electron chi connectivity index (χ1n) is 9.73. The number of fused-ring (bicyclic) bond motifs is 1. The monoisotopic (exact) mass is 401 g/mol. The first-order valence-corrected chi connectivity index (χ1v) is 10.5. The quantitative estimate of drug-likeness (QED) is 0.397. The summed E-state index contributed by atoms with van der Waals surface area (Å²) in [5, 5.41) is 7.44. The molecule has 0 spiro atoms. The van der Waals surface area contributed by atoms with Crippen molar-refractivity contribution in [2.45, 2.75) is 25.8 Å². The van der Waals surface area contributed by atoms with E-state index in [1.165, 1.54) is 5.56 Å². The molecule has 4 rings (SSSR count). The SMILES string of the molecule is CC(Nc1ccc(NC(=O)CCc2nc3ccccc3s2)cc1)c1ccccc1. The summed E-state index contributed by atoms with van der Waals surface area (Å²) in [6.07, 6.45) is 1.07. The zero-order valence-corrected chi connectivity index (χ0v) is 17.1. The number of nitrogens with zero attached hydrogens (tertiary/aromatic N) is 1. The minimum Gasteiger partial charge on any atom is -0.379 e. The molecule has 5 heteroatoms. The van der Waals surface area contributed by atoms with Crippen molar-refractivity contribution < 1.29 is 4.79 Å². The number of anilines is 2. The summed E-state index contributed by atoms with van der Waals surface area (Å²) in [4.78, 5) is 16.9. The number of carbonyl (C=O) groups excluding carboxylic acids is 1. The predicted octanol–water partition coefficient (Wildman–Crippen LogP) is 6.04. The summed E-state index contributed by atoms with van der Waals surface area (Å²) in [7, 11) is 0. The fourth-order valence-electron chi connectivity index (χ4n) is 3.20. The molecule has 1 aromatic heterocycles. The lowest BCUT2D eigenvalue weighted by Crippen LogP contribution is -2.12. The lowest BCUT2D eigenvalue weighted by molar-refractivity contribution is -0.116. The van der Waals surface area contributed by atoms with Gasteiger partial charge in [-0.1, -0.05) is 42.5 Å². The summed E-state index contributed by atoms with van der Waals surface area (Å²) in [6, 6.07) is 26.4. The molecule has 0 aliphatic heterocycles. The van der Waals surface area contributed by atoms with Crippen molar-refractivity contribution in [1.82, 2.24) is 4.98 Å². The number of aryl methyl sites for hydroxylation is 1. The van der Waals surface area contributed by atoms with Gasteiger partial charge in [-0.3, -0.25) is 4.79 Å². The number of nitrogens with one attached hydrogen (secondary N) is 2. The Labute approximate surface area is 174 Å². The second-order valence-corrected chi connectivity index (χ2v) is 8.09. The minimum absolute atomic E-state index is 0.00242. The molecule has 1 amide bonds. The highest BCUT2D eigenvalue weighted by Crippen LogP contribution is 2.23. The summed E-state index contributed by atoms with van der Waals surface area (Å²) < 4.78 is 1.16. The van der Waals surface area contributed by atoms with E-state index < -0.39 is 0 Å². The number of rotatable bonds is 7. The third-order valence-electron chi connectivity index (χ3n) is 4.76. The highest BCUT2D eigenvalue weighted by molar-refractivity contribution is 7.18. The molecule has 0 bridgehead atoms. The fourth-order valence-corrected chi connectivity index (χ4v) is 4.16. The number of hydrogen-bond donors (Lipinski definition) is 2. The standard InChI is InChI=1S/C24H23N3OS/c1-17(18-7-3-2-4-8-18)25-19-11-13-20(14-12-19)26-23(28)15-16-24-27-21-9-5-6-10-22(21)29-24/h2-14,17,25H,15-16H2,1H3,(H,26,28). The van der Waals surface area contributed by atoms with Crippen LogP contribution in [0.25, 0.3) is 10.2 Å². The molecule has 146 valence electrons. The van der Waals surface area contributed by atoms with E-state index in [2.05, 4.69) is 40.7 Å². The number of aromatic nitrogens is 1. The van der Waals surface area contributed by atoms with Gasteiger partial charge in [-0.25, -0.2) is 4.98 Å². The molecule has 4 aromatic rings. The molecule has 1 heterocycles. The third-order valence-corrected chi connectivity index (χ3v) is 5.85. The zero-order chi connectivity index (χ0) is 20.1. The zero-order valence-electron chi connectivity index (χ0n) is 16.3. The number of carbonyl (C=O) groups is 1. The molecule has 2 N–H and O–H groups in total. The Morgan fingerprint density at radius 2 is 1.62 bits per heavy atom. The molecule has 1 unspecified atom stereocenters. The summed E-state index contributed by atoms with van der Waals surface area (Å²) in [6.45, 7) is 2.13. The van der Waals surface area contributed by atoms with Gasteiger partial charge < -0.3 is 10.6 Å². The van der Waals surface area contributed by atoms with Crippen LogP contribution in [0.15, 0.2) is 78.9 Å². The first-order chi connectivity index (χ1) is 14.2. The highest BCUT2D eigenvalue weighted by Gasteiger charge is 2.08. The van der Waals surface area contributed by atoms with Crippen LogP contribution >= 0.6 is 11.3 Å². The maximum atomic E-state index is 12.3. The van der Waals surface area contributed by atoms with E-state index in [-0.39, 0.29) is 11.9 Å². The van der Waals surface area contributed by atoms with Crippen molar-refractivity contribution in [1.29, 1.82) is 0 Å². The van der Waals surface area contributed by atoms with Gasteiger partial charge in [-0.05, 0) is 48.9 Å². The molecule has 1 atom stereocenters. The summed E-state index contributed by atoms with van der Waals surface area (Å²) >= 11 is 1.65. The van der Waals surface area contributed by atoms with Crippen LogP contribution in [0.4, 0.5) is 11.4 Å². The van der Waals surface area contributed by atoms with E-state index in [1.54, 1.807) is 11.3 Å². The average molecular weight is 402 g/mol. The Hall–Kier alpha value is -3.18. The Morgan fingerprint density at radius 1 is 0.931 bits per heavy atom. The molecule has 0 radical (unpaired) electrons. The van der Waals surface area contributed by atoms with Gasteiger partial charge in [-0.15, -0.1) is 11.3 Å². The Kier molecular flexibility index (Phi) is 5.86. The minimum atomic E-state index is 0.00242. The number of thiazole rings is 1. The molecule has 0 saturated carbocycles. The molecule has 0 aliphatic carbocycles. The molecule has 0 fully saturated rings. The van der Waals surface area contributed by atoms with Crippen molar-refractivity contribution in [3.63, 3.8) is 0 Å². The smallest absolute Gasteiger partial charge is 0.224 e. The first kappa shape index (κ1) is 19.2. The maximum absolute atomic E-state index is 12.3. The van der Waals surface area contributed by atoms with Gasteiger partial charge in [0.1, 0.15) is 0 Å². The Balaban J connectivity index is 1.29. The lowest BCUT2D eigenvalue weighted by Gasteiger charge is -2.16. The number of benzene rings is 3. The topological polar surface area (TPSA) is 54.0 Å². The molecule has 3 aromatic carbocycles. The lowest BCUT2D eigenvalue weighted by atomic mass is 10.1. The molecule has 29 heavy (non-hydrogen) atoms. The highest BCUT2D eigenvalue weighted by atomic mass is 32.1. The summed E-state index contributed by atoms with van der Waals surface area (Å²) in [5.41, 5.74) is 4.06. The Morgan fingerprint density at radius 3 is 2.38 bits per heavy atom. The van der Waals surface area contributed by atoms with Crippen LogP contribution in [0.1, 0.15) is 30.0 Å². The second kappa shape index (κ2) is 8.88. The van der Waals surface area contributed by atoms with Gasteiger partial charge in [0.2, 0.25) is 5.91 Å². The number of para-hydroxylation sites is 1. The van der Waals surface area contributed by atoms with Gasteiger partial charge in [0.05, 0.1) is 15.2 Å². The maximum Gasteiger partial charge on any atom is 0.224 e. The van der Waals surface area contributed by atoms with Crippen LogP contribution in [0.3, 0.4) is 0 Å². The van der Waals surface area contributed by atoms with Crippen LogP contribution in [-0.2, 0) is 11.2 Å². The molecule has 4 nitrogen and oxygen atoms in total. The van der Waals surface area contributed by atoms with Crippen LogP contribution in [0.2, 0.25) is 0 Å². The molecule has 0 aliphatic rings. The molecular formula is C24H23N3OS. The van der Waals surface area contributed by atoms with Gasteiger partial charge in [0.15, 0.2) is 0 Å². The normalized spacial score (nSPS) is 11.9. The van der Waals surface area contributed by atoms with E-state index in [0.29, 0.717) is 12.8 Å². The van der Waals surface area contributed by atoms with E-state index >= 15 is 0 Å². The van der Waals surface area contributed by atoms with Gasteiger partial charge >= 0.3 is 0 Å². The van der Waals surface area contributed by atoms with Gasteiger partial charge in [-0.2, -0.15) is 0 Å². The number of hydrogen-bond acceptors (Lipinski definition) is 4. The number of amides is 1. The Bertz CT molecular complexity index is 1060. The average Bonchev–Trinajstić information content (AvgIpc) is 3.17. The molecule has 0 saturated heterocycles. The van der Waals surface area contributed by atoms with E-state index in [0.717, 1.165) is 26.6 Å². The molecular weight excluding hydrogens is 378 g/mol. The third kappa shape index (κ3) is 5.00. The van der Waals surface area contributed by atoms with E-state index in [9.17, 15) is 4.79 Å². The summed E-state index contributed by atoms with van der Waals surface area (Å²) in [5.74, 6) is 0.00242. The second-order valence-electron chi connectivity index (χ2n) is 6.98. The largest absolute Gasteiger partial charge is 0.379 e. The van der Waals surface area contributed by atoms with Crippen LogP contribution < -0.4 is 10.6 Å². The van der Waals surface area contributed by atoms with Crippen molar-refractivity contribution in [2.24, 2.45) is 0 Å². The van der Waals surface area contributed by atoms with Crippen LogP contribution in [0.5, 0.6) is 0 Å². The van der Waals surface area contributed by atoms with E-state index in [4.69, 9.17) is 0 Å². The van der Waals surface area contributed by atoms with Crippen molar-refractivity contribution in [2.75, 3.05) is 10.6 Å². The van der Waals surface area contributed by atoms with Gasteiger partial charge in [0.25, 0.3) is 0 Å². The fraction of sp³-hybridized carbons (Fsp3) is 0.167. The van der Waals surface area contributed by atoms with Crippen LogP contribution in [0, 0.1) is 0 Å². The van der Waals surface area contributed by atoms with Crippen molar-refractivity contribution >= 4 is 38.8 Å². The van der Waals surface area contributed by atoms with Gasteiger partial charge in [0, 0.05) is 30.3 Å². The van der Waals surface area contributed by atoms with E-state index in [1.807, 2.05) is 60.7 Å². The van der Waals surface area contributed by atoms with Crippen molar-refractivity contribution in [3.8, 4) is 0 Å².